The van der Waals surface area contributed by atoms with Gasteiger partial charge in [-0.2, -0.15) is 0 Å². The van der Waals surface area contributed by atoms with Crippen LogP contribution in [0.2, 0.25) is 10.0 Å². The van der Waals surface area contributed by atoms with Crippen LogP contribution in [0.1, 0.15) is 19.5 Å². The minimum absolute atomic E-state index is 0.577. The lowest BCUT2D eigenvalue weighted by molar-refractivity contribution is 0.637. The van der Waals surface area contributed by atoms with Crippen LogP contribution in [0.25, 0.3) is 10.9 Å². The van der Waals surface area contributed by atoms with Gasteiger partial charge in [-0.05, 0) is 36.6 Å². The normalized spacial score (nSPS) is 11.3. The van der Waals surface area contributed by atoms with Crippen LogP contribution in [0.5, 0.6) is 0 Å². The third kappa shape index (κ3) is 2.47. The first-order valence-electron chi connectivity index (χ1n) is 5.31. The molecule has 0 atom stereocenters. The molecule has 0 bridgehead atoms. The average Bonchev–Trinajstić information content (AvgIpc) is 2.18. The fourth-order valence-electron chi connectivity index (χ4n) is 1.73. The predicted octanol–water partition coefficient (Wildman–Crippen LogP) is 4.74. The Labute approximate surface area is 105 Å². The molecule has 2 aromatic rings. The van der Waals surface area contributed by atoms with Gasteiger partial charge in [0.1, 0.15) is 0 Å². The van der Waals surface area contributed by atoms with Crippen LogP contribution in [0.3, 0.4) is 0 Å². The molecular formula is C13H13Cl2N. The Balaban J connectivity index is 2.55. The SMILES string of the molecule is CC(C)Cc1cc(Cl)c2cc(Cl)ccc2n1. The van der Waals surface area contributed by atoms with Gasteiger partial charge in [-0.15, -0.1) is 0 Å². The molecule has 0 aliphatic heterocycles. The molecule has 0 unspecified atom stereocenters. The van der Waals surface area contributed by atoms with Crippen LogP contribution >= 0.6 is 23.2 Å². The maximum Gasteiger partial charge on any atom is 0.0721 e. The Morgan fingerprint density at radius 1 is 1.19 bits per heavy atom. The Morgan fingerprint density at radius 2 is 1.94 bits per heavy atom. The van der Waals surface area contributed by atoms with Crippen LogP contribution < -0.4 is 0 Å². The summed E-state index contributed by atoms with van der Waals surface area (Å²) >= 11 is 12.1. The summed E-state index contributed by atoms with van der Waals surface area (Å²) in [6, 6.07) is 7.53. The second-order valence-electron chi connectivity index (χ2n) is 4.35. The maximum absolute atomic E-state index is 6.22. The van der Waals surface area contributed by atoms with Crippen molar-refractivity contribution in [2.75, 3.05) is 0 Å². The number of pyridine rings is 1. The van der Waals surface area contributed by atoms with Crippen molar-refractivity contribution in [3.8, 4) is 0 Å². The van der Waals surface area contributed by atoms with Crippen molar-refractivity contribution in [3.63, 3.8) is 0 Å². The predicted molar refractivity (Wildman–Crippen MR) is 70.3 cm³/mol. The lowest BCUT2D eigenvalue weighted by Crippen LogP contribution is -1.97. The Kier molecular flexibility index (Phi) is 3.36. The molecule has 2 rings (SSSR count). The zero-order valence-corrected chi connectivity index (χ0v) is 10.8. The summed E-state index contributed by atoms with van der Waals surface area (Å²) in [5.41, 5.74) is 1.95. The topological polar surface area (TPSA) is 12.9 Å². The number of nitrogens with zero attached hydrogens (tertiary/aromatic N) is 1. The summed E-state index contributed by atoms with van der Waals surface area (Å²) in [7, 11) is 0. The van der Waals surface area contributed by atoms with Crippen molar-refractivity contribution in [2.24, 2.45) is 5.92 Å². The van der Waals surface area contributed by atoms with Crippen LogP contribution in [0.15, 0.2) is 24.3 Å². The minimum Gasteiger partial charge on any atom is -0.253 e. The highest BCUT2D eigenvalue weighted by molar-refractivity contribution is 6.36. The Morgan fingerprint density at radius 3 is 2.62 bits per heavy atom. The standard InChI is InChI=1S/C13H13Cl2N/c1-8(2)5-10-7-12(15)11-6-9(14)3-4-13(11)16-10/h3-4,6-8H,5H2,1-2H3. The third-order valence-electron chi connectivity index (χ3n) is 2.39. The molecule has 0 fully saturated rings. The van der Waals surface area contributed by atoms with Crippen LogP contribution in [0, 0.1) is 5.92 Å². The molecule has 0 saturated carbocycles. The Bertz CT molecular complexity index is 521. The number of rotatable bonds is 2. The van der Waals surface area contributed by atoms with E-state index in [4.69, 9.17) is 23.2 Å². The second kappa shape index (κ2) is 4.60. The first kappa shape index (κ1) is 11.7. The van der Waals surface area contributed by atoms with Gasteiger partial charge in [0.15, 0.2) is 0 Å². The third-order valence-corrected chi connectivity index (χ3v) is 2.94. The van der Waals surface area contributed by atoms with Crippen LogP contribution in [-0.2, 0) is 6.42 Å². The molecule has 1 aromatic heterocycles. The van der Waals surface area contributed by atoms with Crippen molar-refractivity contribution in [2.45, 2.75) is 20.3 Å². The number of hydrogen-bond acceptors (Lipinski definition) is 1. The van der Waals surface area contributed by atoms with E-state index in [1.54, 1.807) is 0 Å². The van der Waals surface area contributed by atoms with E-state index in [0.717, 1.165) is 28.0 Å². The lowest BCUT2D eigenvalue weighted by atomic mass is 10.1. The van der Waals surface area contributed by atoms with Crippen molar-refractivity contribution < 1.29 is 0 Å². The summed E-state index contributed by atoms with van der Waals surface area (Å²) in [4.78, 5) is 4.57. The monoisotopic (exact) mass is 253 g/mol. The quantitative estimate of drug-likeness (QED) is 0.754. The molecule has 0 amide bonds. The van der Waals surface area contributed by atoms with Gasteiger partial charge in [-0.25, -0.2) is 0 Å². The first-order chi connectivity index (χ1) is 7.56. The van der Waals surface area contributed by atoms with Gasteiger partial charge in [0.05, 0.1) is 10.5 Å². The van der Waals surface area contributed by atoms with Crippen molar-refractivity contribution in [3.05, 3.63) is 40.0 Å². The van der Waals surface area contributed by atoms with Crippen molar-refractivity contribution in [1.29, 1.82) is 0 Å². The highest BCUT2D eigenvalue weighted by Gasteiger charge is 2.06. The summed E-state index contributed by atoms with van der Waals surface area (Å²) < 4.78 is 0. The number of halogens is 2. The first-order valence-corrected chi connectivity index (χ1v) is 6.06. The van der Waals surface area contributed by atoms with E-state index in [1.165, 1.54) is 0 Å². The van der Waals surface area contributed by atoms with Crippen LogP contribution in [-0.4, -0.2) is 4.98 Å². The molecule has 1 aromatic carbocycles. The maximum atomic E-state index is 6.22. The lowest BCUT2D eigenvalue weighted by Gasteiger charge is -2.07. The van der Waals surface area contributed by atoms with Crippen LogP contribution in [0.4, 0.5) is 0 Å². The van der Waals surface area contributed by atoms with Gasteiger partial charge < -0.3 is 0 Å². The van der Waals surface area contributed by atoms with Gasteiger partial charge in [0.2, 0.25) is 0 Å². The number of hydrogen-bond donors (Lipinski definition) is 0. The number of aromatic nitrogens is 1. The number of fused-ring (bicyclic) bond motifs is 1. The van der Waals surface area contributed by atoms with Crippen molar-refractivity contribution >= 4 is 34.1 Å². The van der Waals surface area contributed by atoms with E-state index in [2.05, 4.69) is 18.8 Å². The molecule has 16 heavy (non-hydrogen) atoms. The molecule has 1 heterocycles. The molecule has 84 valence electrons. The van der Waals surface area contributed by atoms with E-state index in [9.17, 15) is 0 Å². The van der Waals surface area contributed by atoms with E-state index in [1.807, 2.05) is 24.3 Å². The zero-order chi connectivity index (χ0) is 11.7. The average molecular weight is 254 g/mol. The largest absolute Gasteiger partial charge is 0.253 e. The van der Waals surface area contributed by atoms with Gasteiger partial charge in [0.25, 0.3) is 0 Å². The van der Waals surface area contributed by atoms with Crippen molar-refractivity contribution in [1.82, 2.24) is 4.98 Å². The smallest absolute Gasteiger partial charge is 0.0721 e. The zero-order valence-electron chi connectivity index (χ0n) is 9.30. The van der Waals surface area contributed by atoms with E-state index < -0.39 is 0 Å². The van der Waals surface area contributed by atoms with Gasteiger partial charge in [-0.3, -0.25) is 4.98 Å². The Hall–Kier alpha value is -0.790. The fraction of sp³-hybridized carbons (Fsp3) is 0.308. The highest BCUT2D eigenvalue weighted by Crippen LogP contribution is 2.26. The number of benzene rings is 1. The minimum atomic E-state index is 0.577. The van der Waals surface area contributed by atoms with E-state index >= 15 is 0 Å². The second-order valence-corrected chi connectivity index (χ2v) is 5.20. The van der Waals surface area contributed by atoms with E-state index in [0.29, 0.717) is 10.9 Å². The van der Waals surface area contributed by atoms with Gasteiger partial charge in [-0.1, -0.05) is 37.0 Å². The molecule has 0 saturated heterocycles. The van der Waals surface area contributed by atoms with Gasteiger partial charge in [0, 0.05) is 16.1 Å². The fourth-order valence-corrected chi connectivity index (χ4v) is 2.18. The molecule has 3 heteroatoms. The highest BCUT2D eigenvalue weighted by atomic mass is 35.5. The summed E-state index contributed by atoms with van der Waals surface area (Å²) in [6.45, 7) is 4.34. The molecule has 0 aliphatic rings. The molecule has 1 nitrogen and oxygen atoms in total. The molecule has 0 N–H and O–H groups in total. The molecule has 0 radical (unpaired) electrons. The molecular weight excluding hydrogens is 241 g/mol. The van der Waals surface area contributed by atoms with E-state index in [-0.39, 0.29) is 0 Å². The summed E-state index contributed by atoms with van der Waals surface area (Å²) in [6.07, 6.45) is 0.943. The summed E-state index contributed by atoms with van der Waals surface area (Å²) in [5.74, 6) is 0.577. The van der Waals surface area contributed by atoms with Gasteiger partial charge >= 0.3 is 0 Å². The summed E-state index contributed by atoms with van der Waals surface area (Å²) in [5, 5.41) is 2.33. The molecule has 0 spiro atoms. The molecule has 0 aliphatic carbocycles.